The second kappa shape index (κ2) is 8.89. The highest BCUT2D eigenvalue weighted by atomic mass is 16.4. The van der Waals surface area contributed by atoms with Crippen molar-refractivity contribution < 1.29 is 24.3 Å². The first-order valence-electron chi connectivity index (χ1n) is 6.31. The van der Waals surface area contributed by atoms with Crippen molar-refractivity contribution in [3.05, 3.63) is 0 Å². The van der Waals surface area contributed by atoms with E-state index in [4.69, 9.17) is 5.11 Å². The minimum Gasteiger partial charge on any atom is -0.480 e. The molecule has 0 rings (SSSR count). The van der Waals surface area contributed by atoms with Crippen molar-refractivity contribution in [3.8, 4) is 0 Å². The Hall–Kier alpha value is -2.12. The molecule has 114 valence electrons. The molecule has 0 heterocycles. The molecule has 0 aromatic rings. The summed E-state index contributed by atoms with van der Waals surface area (Å²) in [5.74, 6) is -2.80. The van der Waals surface area contributed by atoms with Gasteiger partial charge < -0.3 is 21.1 Å². The number of carboxylic acids is 1. The lowest BCUT2D eigenvalue weighted by Gasteiger charge is -2.20. The lowest BCUT2D eigenvalue weighted by atomic mass is 9.99. The fourth-order valence-corrected chi connectivity index (χ4v) is 1.35. The van der Waals surface area contributed by atoms with E-state index in [9.17, 15) is 19.2 Å². The van der Waals surface area contributed by atoms with E-state index < -0.39 is 23.8 Å². The van der Waals surface area contributed by atoms with Crippen LogP contribution in [0.5, 0.6) is 0 Å². The summed E-state index contributed by atoms with van der Waals surface area (Å²) in [6.07, 6.45) is 0.603. The Kier molecular flexibility index (Phi) is 7.95. The van der Waals surface area contributed by atoms with Crippen molar-refractivity contribution in [2.45, 2.75) is 33.2 Å². The van der Waals surface area contributed by atoms with E-state index in [0.29, 0.717) is 6.42 Å². The maximum atomic E-state index is 11.5. The number of carboxylic acid groups (broad SMARTS) is 1. The summed E-state index contributed by atoms with van der Waals surface area (Å²) < 4.78 is 0. The number of carbonyl (C=O) groups is 4. The van der Waals surface area contributed by atoms with Gasteiger partial charge in [-0.15, -0.1) is 0 Å². The molecule has 0 aromatic carbocycles. The van der Waals surface area contributed by atoms with E-state index in [0.717, 1.165) is 0 Å². The van der Waals surface area contributed by atoms with Crippen molar-refractivity contribution in [2.24, 2.45) is 5.92 Å². The van der Waals surface area contributed by atoms with E-state index in [1.54, 1.807) is 6.92 Å². The number of carbonyl (C=O) groups excluding carboxylic acids is 3. The molecule has 0 radical (unpaired) electrons. The van der Waals surface area contributed by atoms with Gasteiger partial charge in [-0.2, -0.15) is 0 Å². The number of rotatable bonds is 8. The van der Waals surface area contributed by atoms with E-state index in [-0.39, 0.29) is 24.9 Å². The van der Waals surface area contributed by atoms with Crippen LogP contribution in [0.3, 0.4) is 0 Å². The smallest absolute Gasteiger partial charge is 0.326 e. The summed E-state index contributed by atoms with van der Waals surface area (Å²) in [5.41, 5.74) is 0. The van der Waals surface area contributed by atoms with Gasteiger partial charge in [0, 0.05) is 6.92 Å². The molecule has 4 N–H and O–H groups in total. The Balaban J connectivity index is 4.17. The summed E-state index contributed by atoms with van der Waals surface area (Å²) in [6, 6.07) is -0.986. The van der Waals surface area contributed by atoms with Crippen LogP contribution in [0.4, 0.5) is 0 Å². The minimum atomic E-state index is -1.11. The summed E-state index contributed by atoms with van der Waals surface area (Å²) in [7, 11) is 0. The van der Waals surface area contributed by atoms with Gasteiger partial charge in [-0.3, -0.25) is 14.4 Å². The number of aliphatic carboxylic acids is 1. The van der Waals surface area contributed by atoms with Gasteiger partial charge in [0.05, 0.1) is 13.1 Å². The lowest BCUT2D eigenvalue weighted by Crippen LogP contribution is -2.49. The summed E-state index contributed by atoms with van der Waals surface area (Å²) in [5, 5.41) is 15.9. The number of nitrogens with one attached hydrogen (secondary N) is 3. The van der Waals surface area contributed by atoms with Crippen LogP contribution in [-0.2, 0) is 19.2 Å². The maximum Gasteiger partial charge on any atom is 0.326 e. The van der Waals surface area contributed by atoms with Gasteiger partial charge in [-0.05, 0) is 5.92 Å². The van der Waals surface area contributed by atoms with E-state index in [1.165, 1.54) is 6.92 Å². The Morgan fingerprint density at radius 1 is 1.05 bits per heavy atom. The van der Waals surface area contributed by atoms with Crippen LogP contribution in [0.2, 0.25) is 0 Å². The first kappa shape index (κ1) is 17.9. The molecule has 0 unspecified atom stereocenters. The third kappa shape index (κ3) is 7.34. The topological polar surface area (TPSA) is 125 Å². The average molecular weight is 287 g/mol. The molecule has 0 saturated carbocycles. The molecule has 0 aliphatic rings. The molecule has 2 atom stereocenters. The Bertz CT molecular complexity index is 383. The van der Waals surface area contributed by atoms with E-state index >= 15 is 0 Å². The van der Waals surface area contributed by atoms with E-state index in [1.807, 2.05) is 6.92 Å². The largest absolute Gasteiger partial charge is 0.480 e. The molecule has 8 heteroatoms. The van der Waals surface area contributed by atoms with Crippen molar-refractivity contribution in [1.29, 1.82) is 0 Å². The molecule has 8 nitrogen and oxygen atoms in total. The van der Waals surface area contributed by atoms with Crippen LogP contribution in [0.15, 0.2) is 0 Å². The van der Waals surface area contributed by atoms with Crippen LogP contribution in [0.25, 0.3) is 0 Å². The highest BCUT2D eigenvalue weighted by Crippen LogP contribution is 2.07. The first-order chi connectivity index (χ1) is 9.27. The molecule has 0 aliphatic carbocycles. The van der Waals surface area contributed by atoms with Crippen molar-refractivity contribution in [1.82, 2.24) is 16.0 Å². The zero-order valence-corrected chi connectivity index (χ0v) is 11.9. The van der Waals surface area contributed by atoms with Gasteiger partial charge in [0.1, 0.15) is 6.04 Å². The molecule has 0 spiro atoms. The first-order valence-corrected chi connectivity index (χ1v) is 6.31. The molecule has 0 aromatic heterocycles. The Morgan fingerprint density at radius 3 is 2.05 bits per heavy atom. The third-order valence-electron chi connectivity index (χ3n) is 2.74. The van der Waals surface area contributed by atoms with Crippen LogP contribution in [-0.4, -0.2) is 47.9 Å². The number of hydrogen-bond acceptors (Lipinski definition) is 4. The predicted octanol–water partition coefficient (Wildman–Crippen LogP) is -1.15. The van der Waals surface area contributed by atoms with Crippen LogP contribution in [0, 0.1) is 5.92 Å². The van der Waals surface area contributed by atoms with Crippen LogP contribution in [0.1, 0.15) is 27.2 Å². The number of hydrogen-bond donors (Lipinski definition) is 4. The van der Waals surface area contributed by atoms with Crippen LogP contribution < -0.4 is 16.0 Å². The molecular weight excluding hydrogens is 266 g/mol. The SMILES string of the molecule is CC[C@H](C)[C@H](NC(=O)CNC(=O)CNC(C)=O)C(=O)O. The van der Waals surface area contributed by atoms with Gasteiger partial charge in [0.25, 0.3) is 0 Å². The highest BCUT2D eigenvalue weighted by Gasteiger charge is 2.25. The predicted molar refractivity (Wildman–Crippen MR) is 70.7 cm³/mol. The average Bonchev–Trinajstić information content (AvgIpc) is 2.38. The fraction of sp³-hybridized carbons (Fsp3) is 0.667. The lowest BCUT2D eigenvalue weighted by molar-refractivity contribution is -0.143. The Labute approximate surface area is 117 Å². The van der Waals surface area contributed by atoms with Crippen molar-refractivity contribution in [3.63, 3.8) is 0 Å². The summed E-state index contributed by atoms with van der Waals surface area (Å²) >= 11 is 0. The zero-order chi connectivity index (χ0) is 15.7. The Morgan fingerprint density at radius 2 is 1.60 bits per heavy atom. The zero-order valence-electron chi connectivity index (χ0n) is 11.9. The quantitative estimate of drug-likeness (QED) is 0.449. The maximum absolute atomic E-state index is 11.5. The molecule has 20 heavy (non-hydrogen) atoms. The molecule has 0 bridgehead atoms. The molecule has 3 amide bonds. The van der Waals surface area contributed by atoms with Gasteiger partial charge in [0.2, 0.25) is 17.7 Å². The second-order valence-electron chi connectivity index (χ2n) is 4.46. The van der Waals surface area contributed by atoms with Gasteiger partial charge in [-0.1, -0.05) is 20.3 Å². The van der Waals surface area contributed by atoms with E-state index in [2.05, 4.69) is 16.0 Å². The van der Waals surface area contributed by atoms with Gasteiger partial charge in [0.15, 0.2) is 0 Å². The van der Waals surface area contributed by atoms with Gasteiger partial charge >= 0.3 is 5.97 Å². The van der Waals surface area contributed by atoms with Crippen LogP contribution >= 0.6 is 0 Å². The second-order valence-corrected chi connectivity index (χ2v) is 4.46. The van der Waals surface area contributed by atoms with Crippen molar-refractivity contribution in [2.75, 3.05) is 13.1 Å². The standard InChI is InChI=1S/C12H21N3O5/c1-4-7(2)11(12(19)20)15-10(18)6-14-9(17)5-13-8(3)16/h7,11H,4-6H2,1-3H3,(H,13,16)(H,14,17)(H,15,18)(H,19,20)/t7-,11-/m0/s1. The van der Waals surface area contributed by atoms with Crippen molar-refractivity contribution >= 4 is 23.7 Å². The minimum absolute atomic E-state index is 0.216. The third-order valence-corrected chi connectivity index (χ3v) is 2.74. The molecule has 0 saturated heterocycles. The molecular formula is C12H21N3O5. The molecule has 0 fully saturated rings. The summed E-state index contributed by atoms with van der Waals surface area (Å²) in [6.45, 7) is 4.24. The molecule has 0 aliphatic heterocycles. The van der Waals surface area contributed by atoms with Gasteiger partial charge in [-0.25, -0.2) is 4.79 Å². The monoisotopic (exact) mass is 287 g/mol. The summed E-state index contributed by atoms with van der Waals surface area (Å²) in [4.78, 5) is 44.4. The fourth-order valence-electron chi connectivity index (χ4n) is 1.35. The highest BCUT2D eigenvalue weighted by molar-refractivity contribution is 5.89. The normalized spacial score (nSPS) is 12.9. The number of amides is 3.